The van der Waals surface area contributed by atoms with E-state index in [-0.39, 0.29) is 10.6 Å². The fourth-order valence-electron chi connectivity index (χ4n) is 3.18. The number of ether oxygens (including phenoxy) is 1. The number of imidazole rings is 1. The molecule has 1 N–H and O–H groups in total. The Morgan fingerprint density at radius 3 is 3.07 bits per heavy atom. The van der Waals surface area contributed by atoms with Crippen LogP contribution in [0.3, 0.4) is 0 Å². The number of nitrogens with zero attached hydrogens (tertiary/aromatic N) is 4. The molecular weight excluding hydrogens is 366 g/mol. The number of aromatic amines is 1. The molecule has 1 aliphatic heterocycles. The molecule has 0 bridgehead atoms. The second kappa shape index (κ2) is 8.43. The summed E-state index contributed by atoms with van der Waals surface area (Å²) in [6.45, 7) is 10.1. The van der Waals surface area contributed by atoms with Crippen molar-refractivity contribution in [1.29, 1.82) is 0 Å². The van der Waals surface area contributed by atoms with E-state index in [9.17, 15) is 4.79 Å². The Labute approximate surface area is 163 Å². The molecule has 7 nitrogen and oxygen atoms in total. The van der Waals surface area contributed by atoms with Gasteiger partial charge in [-0.05, 0) is 19.4 Å². The number of nitrogens with one attached hydrogen (secondary N) is 1. The quantitative estimate of drug-likeness (QED) is 0.579. The van der Waals surface area contributed by atoms with Crippen molar-refractivity contribution >= 4 is 17.3 Å². The largest absolute Gasteiger partial charge is 0.426 e. The van der Waals surface area contributed by atoms with Gasteiger partial charge in [-0.1, -0.05) is 37.6 Å². The first-order valence-corrected chi connectivity index (χ1v) is 9.48. The maximum absolute atomic E-state index is 11.8. The summed E-state index contributed by atoms with van der Waals surface area (Å²) in [5.74, 6) is 0.552. The molecule has 0 atom stereocenters. The fraction of sp³-hybridized carbons (Fsp3) is 0.421. The lowest BCUT2D eigenvalue weighted by atomic mass is 10.1. The number of halogens is 1. The summed E-state index contributed by atoms with van der Waals surface area (Å²) < 4.78 is 8.02. The van der Waals surface area contributed by atoms with Gasteiger partial charge in [0.2, 0.25) is 0 Å². The van der Waals surface area contributed by atoms with E-state index in [4.69, 9.17) is 21.3 Å². The molecule has 1 aliphatic rings. The lowest BCUT2D eigenvalue weighted by Gasteiger charge is -2.28. The summed E-state index contributed by atoms with van der Waals surface area (Å²) in [7, 11) is 0. The molecule has 27 heavy (non-hydrogen) atoms. The third kappa shape index (κ3) is 4.08. The molecule has 0 saturated carbocycles. The van der Waals surface area contributed by atoms with Crippen LogP contribution in [0.2, 0.25) is 5.02 Å². The summed E-state index contributed by atoms with van der Waals surface area (Å²) in [5.41, 5.74) is 2.32. The fourth-order valence-corrected chi connectivity index (χ4v) is 3.39. The Balaban J connectivity index is 1.91. The summed E-state index contributed by atoms with van der Waals surface area (Å²) >= 11 is 6.17. The van der Waals surface area contributed by atoms with E-state index in [0.29, 0.717) is 24.0 Å². The zero-order valence-electron chi connectivity index (χ0n) is 15.7. The average molecular weight is 390 g/mol. The van der Waals surface area contributed by atoms with Gasteiger partial charge in [0, 0.05) is 25.2 Å². The predicted octanol–water partition coefficient (Wildman–Crippen LogP) is 3.45. The molecule has 0 fully saturated rings. The molecule has 0 radical (unpaired) electrons. The maximum Gasteiger partial charge on any atom is 0.302 e. The number of unbranched alkanes of at least 4 members (excludes halogenated alkanes) is 1. The molecule has 8 heteroatoms. The molecule has 2 aromatic rings. The monoisotopic (exact) mass is 389 g/mol. The van der Waals surface area contributed by atoms with Crippen LogP contribution in [0.1, 0.15) is 38.1 Å². The van der Waals surface area contributed by atoms with Crippen LogP contribution in [0.25, 0.3) is 0 Å². The summed E-state index contributed by atoms with van der Waals surface area (Å²) in [6, 6.07) is 0.563. The van der Waals surface area contributed by atoms with Gasteiger partial charge in [-0.25, -0.2) is 5.10 Å². The number of hydrogen-bond acceptors (Lipinski definition) is 5. The van der Waals surface area contributed by atoms with Crippen molar-refractivity contribution in [2.45, 2.75) is 46.2 Å². The Bertz CT molecular complexity index is 915. The highest BCUT2D eigenvalue weighted by molar-refractivity contribution is 6.32. The number of anilines is 1. The molecule has 0 aliphatic carbocycles. The summed E-state index contributed by atoms with van der Waals surface area (Å²) in [4.78, 5) is 18.5. The van der Waals surface area contributed by atoms with Gasteiger partial charge in [-0.3, -0.25) is 9.36 Å². The lowest BCUT2D eigenvalue weighted by Crippen LogP contribution is -2.32. The van der Waals surface area contributed by atoms with Crippen LogP contribution in [0.5, 0.6) is 6.01 Å². The molecule has 0 spiro atoms. The first kappa shape index (κ1) is 19.2. The van der Waals surface area contributed by atoms with Crippen molar-refractivity contribution in [3.8, 4) is 6.01 Å². The molecule has 2 aromatic heterocycles. The van der Waals surface area contributed by atoms with E-state index < -0.39 is 0 Å². The first-order valence-electron chi connectivity index (χ1n) is 9.11. The highest BCUT2D eigenvalue weighted by Gasteiger charge is 2.26. The average Bonchev–Trinajstić information content (AvgIpc) is 2.98. The van der Waals surface area contributed by atoms with Gasteiger partial charge >= 0.3 is 6.01 Å². The zero-order valence-corrected chi connectivity index (χ0v) is 16.4. The maximum atomic E-state index is 11.8. The minimum Gasteiger partial charge on any atom is -0.426 e. The second-order valence-electron chi connectivity index (χ2n) is 6.43. The Kier molecular flexibility index (Phi) is 6.01. The van der Waals surface area contributed by atoms with Crippen LogP contribution in [-0.2, 0) is 19.5 Å². The second-order valence-corrected chi connectivity index (χ2v) is 6.81. The number of hydrogen-bond donors (Lipinski definition) is 1. The van der Waals surface area contributed by atoms with Crippen molar-refractivity contribution in [1.82, 2.24) is 19.7 Å². The van der Waals surface area contributed by atoms with Crippen molar-refractivity contribution in [2.24, 2.45) is 0 Å². The number of aromatic nitrogens is 4. The lowest BCUT2D eigenvalue weighted by molar-refractivity contribution is 0.377. The van der Waals surface area contributed by atoms with Gasteiger partial charge in [-0.15, -0.1) is 0 Å². The first-order chi connectivity index (χ1) is 13.0. The van der Waals surface area contributed by atoms with Crippen molar-refractivity contribution in [3.63, 3.8) is 0 Å². The van der Waals surface area contributed by atoms with E-state index in [0.717, 1.165) is 43.7 Å². The molecule has 0 aromatic carbocycles. The molecule has 0 amide bonds. The minimum absolute atomic E-state index is 0.150. The van der Waals surface area contributed by atoms with Gasteiger partial charge < -0.3 is 9.64 Å². The van der Waals surface area contributed by atoms with Crippen molar-refractivity contribution < 1.29 is 4.74 Å². The topological polar surface area (TPSA) is 76.0 Å². The summed E-state index contributed by atoms with van der Waals surface area (Å²) in [6.07, 6.45) is 8.19. The van der Waals surface area contributed by atoms with Crippen LogP contribution >= 0.6 is 11.6 Å². The van der Waals surface area contributed by atoms with E-state index >= 15 is 0 Å². The highest BCUT2D eigenvalue weighted by atomic mass is 35.5. The van der Waals surface area contributed by atoms with Crippen LogP contribution in [0.15, 0.2) is 35.5 Å². The number of allylic oxidation sites excluding steroid dienone is 2. The van der Waals surface area contributed by atoms with Crippen LogP contribution in [0, 0.1) is 0 Å². The molecule has 0 saturated heterocycles. The van der Waals surface area contributed by atoms with Crippen molar-refractivity contribution in [3.05, 3.63) is 57.5 Å². The SMILES string of the molecule is C=C(/C=C\C)Oc1nc2c(n1CCCC)CCN(c1cn[nH]c(=O)c1Cl)C2. The smallest absolute Gasteiger partial charge is 0.302 e. The zero-order chi connectivity index (χ0) is 19.4. The third-order valence-electron chi connectivity index (χ3n) is 4.51. The van der Waals surface area contributed by atoms with E-state index in [1.165, 1.54) is 0 Å². The number of rotatable bonds is 7. The summed E-state index contributed by atoms with van der Waals surface area (Å²) in [5, 5.41) is 6.36. The number of H-pyrrole nitrogens is 1. The molecule has 3 rings (SSSR count). The van der Waals surface area contributed by atoms with Crippen LogP contribution < -0.4 is 15.2 Å². The standard InChI is InChI=1S/C19H24ClN5O2/c1-4-6-9-25-15-8-10-24(16-11-21-23-18(26)17(16)20)12-14(15)22-19(25)27-13(3)7-5-2/h5,7,11H,3-4,6,8-10,12H2,1-2H3,(H,23,26)/b7-5-. The Morgan fingerprint density at radius 2 is 2.33 bits per heavy atom. The molecular formula is C19H24ClN5O2. The predicted molar refractivity (Wildman–Crippen MR) is 106 cm³/mol. The molecule has 3 heterocycles. The Hall–Kier alpha value is -2.54. The van der Waals surface area contributed by atoms with Crippen molar-refractivity contribution in [2.75, 3.05) is 11.4 Å². The van der Waals surface area contributed by atoms with Crippen LogP contribution in [0.4, 0.5) is 5.69 Å². The molecule has 144 valence electrons. The van der Waals surface area contributed by atoms with E-state index in [1.54, 1.807) is 6.20 Å². The normalized spacial score (nSPS) is 13.8. The van der Waals surface area contributed by atoms with E-state index in [1.807, 2.05) is 24.0 Å². The highest BCUT2D eigenvalue weighted by Crippen LogP contribution is 2.30. The third-order valence-corrected chi connectivity index (χ3v) is 4.87. The van der Waals surface area contributed by atoms with Gasteiger partial charge in [0.25, 0.3) is 5.56 Å². The minimum atomic E-state index is -0.389. The number of fused-ring (bicyclic) bond motifs is 1. The molecule has 0 unspecified atom stereocenters. The van der Waals surface area contributed by atoms with Gasteiger partial charge in [0.1, 0.15) is 10.8 Å². The van der Waals surface area contributed by atoms with E-state index in [2.05, 4.69) is 28.3 Å². The van der Waals surface area contributed by atoms with Gasteiger partial charge in [0.15, 0.2) is 0 Å². The Morgan fingerprint density at radius 1 is 1.52 bits per heavy atom. The van der Waals surface area contributed by atoms with Gasteiger partial charge in [0.05, 0.1) is 24.1 Å². The van der Waals surface area contributed by atoms with Crippen LogP contribution in [-0.4, -0.2) is 26.3 Å². The van der Waals surface area contributed by atoms with Gasteiger partial charge in [-0.2, -0.15) is 10.1 Å².